The van der Waals surface area contributed by atoms with Crippen LogP contribution in [0.3, 0.4) is 0 Å². The molecule has 88 valence electrons. The Balaban J connectivity index is 1.93. The van der Waals surface area contributed by atoms with Crippen molar-refractivity contribution < 1.29 is 0 Å². The molecule has 2 aromatic carbocycles. The molecule has 1 heterocycles. The topological polar surface area (TPSA) is 15.8 Å². The number of rotatable bonds is 2. The van der Waals surface area contributed by atoms with Crippen LogP contribution in [0, 0.1) is 6.92 Å². The number of hydrogen-bond donors (Lipinski definition) is 1. The predicted molar refractivity (Wildman–Crippen MR) is 78.4 cm³/mol. The average molecular weight is 233 g/mol. The molecule has 0 bridgehead atoms. The highest BCUT2D eigenvalue weighted by molar-refractivity contribution is 5.84. The first-order chi connectivity index (χ1) is 8.81. The van der Waals surface area contributed by atoms with Crippen LogP contribution < -0.4 is 0 Å². The van der Waals surface area contributed by atoms with Crippen molar-refractivity contribution in [2.45, 2.75) is 6.92 Å². The monoisotopic (exact) mass is 233 g/mol. The highest BCUT2D eigenvalue weighted by Gasteiger charge is 1.97. The van der Waals surface area contributed by atoms with Crippen LogP contribution in [0.15, 0.2) is 54.6 Å². The number of aryl methyl sites for hydroxylation is 1. The third-order valence-corrected chi connectivity index (χ3v) is 3.05. The lowest BCUT2D eigenvalue weighted by atomic mass is 10.2. The van der Waals surface area contributed by atoms with E-state index in [1.165, 1.54) is 22.0 Å². The second kappa shape index (κ2) is 4.53. The lowest BCUT2D eigenvalue weighted by Crippen LogP contribution is -1.72. The van der Waals surface area contributed by atoms with Crippen molar-refractivity contribution in [2.75, 3.05) is 0 Å². The minimum absolute atomic E-state index is 1.14. The zero-order valence-corrected chi connectivity index (χ0v) is 10.4. The molecule has 1 nitrogen and oxygen atoms in total. The largest absolute Gasteiger partial charge is 0.355 e. The first-order valence-corrected chi connectivity index (χ1v) is 6.14. The van der Waals surface area contributed by atoms with Gasteiger partial charge in [-0.05, 0) is 36.8 Å². The molecule has 1 aromatic heterocycles. The molecule has 18 heavy (non-hydrogen) atoms. The Hall–Kier alpha value is -2.28. The third kappa shape index (κ3) is 2.21. The zero-order valence-electron chi connectivity index (χ0n) is 10.4. The van der Waals surface area contributed by atoms with Gasteiger partial charge in [-0.1, -0.05) is 48.0 Å². The fraction of sp³-hybridized carbons (Fsp3) is 0.0588. The number of benzene rings is 2. The van der Waals surface area contributed by atoms with Crippen molar-refractivity contribution in [3.63, 3.8) is 0 Å². The highest BCUT2D eigenvalue weighted by Crippen LogP contribution is 2.18. The van der Waals surface area contributed by atoms with Gasteiger partial charge in [-0.3, -0.25) is 0 Å². The summed E-state index contributed by atoms with van der Waals surface area (Å²) in [4.78, 5) is 3.41. The maximum atomic E-state index is 3.41. The van der Waals surface area contributed by atoms with Gasteiger partial charge in [0.2, 0.25) is 0 Å². The number of fused-ring (bicyclic) bond motifs is 1. The molecular formula is C17H15N. The van der Waals surface area contributed by atoms with Gasteiger partial charge < -0.3 is 4.98 Å². The molecule has 0 saturated carbocycles. The van der Waals surface area contributed by atoms with Crippen molar-refractivity contribution in [3.8, 4) is 0 Å². The van der Waals surface area contributed by atoms with E-state index in [0.717, 1.165) is 5.69 Å². The maximum absolute atomic E-state index is 3.41. The summed E-state index contributed by atoms with van der Waals surface area (Å²) < 4.78 is 0. The molecule has 0 radical (unpaired) electrons. The van der Waals surface area contributed by atoms with Gasteiger partial charge in [-0.25, -0.2) is 0 Å². The number of hydrogen-bond acceptors (Lipinski definition) is 0. The summed E-state index contributed by atoms with van der Waals surface area (Å²) in [6.07, 6.45) is 4.24. The number of H-pyrrole nitrogens is 1. The third-order valence-electron chi connectivity index (χ3n) is 3.05. The van der Waals surface area contributed by atoms with Crippen molar-refractivity contribution >= 4 is 23.1 Å². The van der Waals surface area contributed by atoms with Crippen LogP contribution in [-0.4, -0.2) is 4.98 Å². The van der Waals surface area contributed by atoms with Crippen molar-refractivity contribution in [1.29, 1.82) is 0 Å². The molecule has 3 rings (SSSR count). The minimum Gasteiger partial charge on any atom is -0.355 e. The maximum Gasteiger partial charge on any atom is 0.0458 e. The molecule has 0 unspecified atom stereocenters. The Kier molecular flexibility index (Phi) is 2.73. The van der Waals surface area contributed by atoms with Gasteiger partial charge >= 0.3 is 0 Å². The van der Waals surface area contributed by atoms with Crippen molar-refractivity contribution in [3.05, 3.63) is 71.4 Å². The summed E-state index contributed by atoms with van der Waals surface area (Å²) in [6, 6.07) is 19.0. The van der Waals surface area contributed by atoms with Crippen LogP contribution in [0.25, 0.3) is 23.1 Å². The van der Waals surface area contributed by atoms with Crippen LogP contribution in [0.2, 0.25) is 0 Å². The lowest BCUT2D eigenvalue weighted by Gasteiger charge is -1.91. The van der Waals surface area contributed by atoms with E-state index in [-0.39, 0.29) is 0 Å². The summed E-state index contributed by atoms with van der Waals surface area (Å²) >= 11 is 0. The van der Waals surface area contributed by atoms with Gasteiger partial charge in [0, 0.05) is 16.6 Å². The highest BCUT2D eigenvalue weighted by atomic mass is 14.7. The van der Waals surface area contributed by atoms with E-state index in [4.69, 9.17) is 0 Å². The summed E-state index contributed by atoms with van der Waals surface area (Å²) in [6.45, 7) is 2.12. The van der Waals surface area contributed by atoms with Gasteiger partial charge in [-0.2, -0.15) is 0 Å². The van der Waals surface area contributed by atoms with Crippen LogP contribution in [0.1, 0.15) is 16.8 Å². The Morgan fingerprint density at radius 2 is 1.72 bits per heavy atom. The molecule has 0 aliphatic carbocycles. The molecule has 1 N–H and O–H groups in total. The second-order valence-corrected chi connectivity index (χ2v) is 4.56. The van der Waals surface area contributed by atoms with Crippen LogP contribution >= 0.6 is 0 Å². The molecule has 0 atom stereocenters. The van der Waals surface area contributed by atoms with Crippen LogP contribution in [-0.2, 0) is 0 Å². The van der Waals surface area contributed by atoms with Crippen molar-refractivity contribution in [2.24, 2.45) is 0 Å². The fourth-order valence-electron chi connectivity index (χ4n) is 2.11. The molecule has 0 saturated heterocycles. The van der Waals surface area contributed by atoms with E-state index in [0.29, 0.717) is 0 Å². The van der Waals surface area contributed by atoms with Gasteiger partial charge in [-0.15, -0.1) is 0 Å². The summed E-state index contributed by atoms with van der Waals surface area (Å²) in [5.74, 6) is 0. The SMILES string of the molecule is Cc1ccc2[nH]c(C=Cc3ccccc3)cc2c1. The van der Waals surface area contributed by atoms with Gasteiger partial charge in [0.15, 0.2) is 0 Å². The van der Waals surface area contributed by atoms with E-state index in [9.17, 15) is 0 Å². The molecule has 0 aliphatic rings. The average Bonchev–Trinajstić information content (AvgIpc) is 2.79. The quantitative estimate of drug-likeness (QED) is 0.663. The zero-order chi connectivity index (χ0) is 12.4. The van der Waals surface area contributed by atoms with Crippen molar-refractivity contribution in [1.82, 2.24) is 4.98 Å². The van der Waals surface area contributed by atoms with E-state index in [1.54, 1.807) is 0 Å². The smallest absolute Gasteiger partial charge is 0.0458 e. The molecular weight excluding hydrogens is 218 g/mol. The fourth-order valence-corrected chi connectivity index (χ4v) is 2.11. The normalized spacial score (nSPS) is 11.4. The standard InChI is InChI=1S/C17H15N/c1-13-7-10-17-15(11-13)12-16(18-17)9-8-14-5-3-2-4-6-14/h2-12,18H,1H3. The lowest BCUT2D eigenvalue weighted by molar-refractivity contribution is 1.42. The molecule has 1 heteroatoms. The second-order valence-electron chi connectivity index (χ2n) is 4.56. The molecule has 0 aliphatic heterocycles. The number of nitrogens with one attached hydrogen (secondary N) is 1. The van der Waals surface area contributed by atoms with E-state index >= 15 is 0 Å². The van der Waals surface area contributed by atoms with E-state index < -0.39 is 0 Å². The first kappa shape index (κ1) is 10.8. The van der Waals surface area contributed by atoms with Crippen LogP contribution in [0.4, 0.5) is 0 Å². The number of aromatic nitrogens is 1. The summed E-state index contributed by atoms with van der Waals surface area (Å²) in [5.41, 5.74) is 4.83. The summed E-state index contributed by atoms with van der Waals surface area (Å²) in [7, 11) is 0. The minimum atomic E-state index is 1.14. The van der Waals surface area contributed by atoms with Gasteiger partial charge in [0.25, 0.3) is 0 Å². The Bertz CT molecular complexity index is 690. The van der Waals surface area contributed by atoms with Crippen LogP contribution in [0.5, 0.6) is 0 Å². The molecule has 0 spiro atoms. The van der Waals surface area contributed by atoms with Gasteiger partial charge in [0.1, 0.15) is 0 Å². The Morgan fingerprint density at radius 1 is 0.889 bits per heavy atom. The first-order valence-electron chi connectivity index (χ1n) is 6.14. The predicted octanol–water partition coefficient (Wildman–Crippen LogP) is 4.65. The van der Waals surface area contributed by atoms with Gasteiger partial charge in [0.05, 0.1) is 0 Å². The van der Waals surface area contributed by atoms with E-state index in [2.05, 4.69) is 60.5 Å². The Labute approximate surface area is 107 Å². The summed E-state index contributed by atoms with van der Waals surface area (Å²) in [5, 5.41) is 1.27. The molecule has 0 amide bonds. The number of aromatic amines is 1. The molecule has 0 fully saturated rings. The van der Waals surface area contributed by atoms with E-state index in [1.807, 2.05) is 18.2 Å². The Morgan fingerprint density at radius 3 is 2.56 bits per heavy atom. The molecule has 3 aromatic rings.